The van der Waals surface area contributed by atoms with Crippen molar-refractivity contribution in [1.82, 2.24) is 14.5 Å². The van der Waals surface area contributed by atoms with Gasteiger partial charge in [-0.15, -0.1) is 0 Å². The molecule has 0 saturated carbocycles. The third kappa shape index (κ3) is 2.98. The smallest absolute Gasteiger partial charge is 0.263 e. The number of benzene rings is 1. The maximum absolute atomic E-state index is 12.5. The van der Waals surface area contributed by atoms with Crippen molar-refractivity contribution in [2.45, 2.75) is 19.9 Å². The molecule has 1 unspecified atom stereocenters. The van der Waals surface area contributed by atoms with Gasteiger partial charge in [0.25, 0.3) is 5.56 Å². The largest absolute Gasteiger partial charge is 0.343 e. The zero-order valence-corrected chi connectivity index (χ0v) is 13.4. The number of amides is 1. The molecule has 6 nitrogen and oxygen atoms in total. The first-order valence-electron chi connectivity index (χ1n) is 7.08. The third-order valence-corrected chi connectivity index (χ3v) is 3.87. The molecule has 0 saturated heterocycles. The number of halogens is 1. The quantitative estimate of drug-likeness (QED) is 0.775. The normalized spacial score (nSPS) is 12.3. The van der Waals surface area contributed by atoms with Gasteiger partial charge in [-0.2, -0.15) is 0 Å². The molecule has 1 atom stereocenters. The fraction of sp³-hybridized carbons (Fsp3) is 0.188. The van der Waals surface area contributed by atoms with Crippen LogP contribution in [-0.2, 0) is 4.79 Å². The maximum Gasteiger partial charge on any atom is 0.263 e. The van der Waals surface area contributed by atoms with Gasteiger partial charge in [-0.3, -0.25) is 14.2 Å². The Kier molecular flexibility index (Phi) is 3.92. The average Bonchev–Trinajstić information content (AvgIpc) is 2.91. The molecule has 0 fully saturated rings. The predicted molar refractivity (Wildman–Crippen MR) is 89.9 cm³/mol. The highest BCUT2D eigenvalue weighted by molar-refractivity contribution is 6.30. The van der Waals surface area contributed by atoms with Gasteiger partial charge in [0.15, 0.2) is 0 Å². The second-order valence-corrected chi connectivity index (χ2v) is 5.78. The number of H-pyrrole nitrogens is 1. The van der Waals surface area contributed by atoms with Gasteiger partial charge in [-0.1, -0.05) is 11.6 Å². The van der Waals surface area contributed by atoms with Crippen molar-refractivity contribution in [3.05, 3.63) is 57.7 Å². The highest BCUT2D eigenvalue weighted by atomic mass is 35.5. The Balaban J connectivity index is 1.88. The van der Waals surface area contributed by atoms with Crippen molar-refractivity contribution in [1.29, 1.82) is 0 Å². The molecule has 2 aromatic heterocycles. The fourth-order valence-corrected chi connectivity index (χ4v) is 2.46. The number of aryl methyl sites for hydroxylation is 1. The Hall–Kier alpha value is -2.60. The van der Waals surface area contributed by atoms with Crippen LogP contribution in [0.3, 0.4) is 0 Å². The molecule has 0 spiro atoms. The molecular formula is C16H15ClN4O2. The van der Waals surface area contributed by atoms with Crippen LogP contribution >= 0.6 is 11.6 Å². The number of hydrogen-bond donors (Lipinski definition) is 2. The number of aromatic amines is 1. The molecule has 0 radical (unpaired) electrons. The van der Waals surface area contributed by atoms with Crippen molar-refractivity contribution in [3.63, 3.8) is 0 Å². The number of fused-ring (bicyclic) bond motifs is 1. The molecule has 7 heteroatoms. The van der Waals surface area contributed by atoms with Crippen LogP contribution in [0.2, 0.25) is 5.02 Å². The van der Waals surface area contributed by atoms with Gasteiger partial charge in [0.05, 0.1) is 5.39 Å². The van der Waals surface area contributed by atoms with Crippen LogP contribution in [-0.4, -0.2) is 20.4 Å². The van der Waals surface area contributed by atoms with Crippen molar-refractivity contribution >= 4 is 34.2 Å². The van der Waals surface area contributed by atoms with Crippen LogP contribution in [0.4, 0.5) is 5.69 Å². The van der Waals surface area contributed by atoms with E-state index < -0.39 is 6.04 Å². The van der Waals surface area contributed by atoms with Gasteiger partial charge >= 0.3 is 0 Å². The van der Waals surface area contributed by atoms with Crippen LogP contribution in [0.5, 0.6) is 0 Å². The summed E-state index contributed by atoms with van der Waals surface area (Å²) in [5.74, 6) is -0.303. The summed E-state index contributed by atoms with van der Waals surface area (Å²) in [6, 6.07) is 7.81. The summed E-state index contributed by atoms with van der Waals surface area (Å²) < 4.78 is 1.32. The molecule has 3 aromatic rings. The van der Waals surface area contributed by atoms with Crippen molar-refractivity contribution in [2.75, 3.05) is 5.32 Å². The van der Waals surface area contributed by atoms with E-state index in [1.165, 1.54) is 10.9 Å². The van der Waals surface area contributed by atoms with Crippen LogP contribution in [0.15, 0.2) is 41.5 Å². The van der Waals surface area contributed by atoms with E-state index in [0.717, 1.165) is 5.69 Å². The van der Waals surface area contributed by atoms with E-state index in [4.69, 9.17) is 11.6 Å². The third-order valence-electron chi connectivity index (χ3n) is 3.62. The van der Waals surface area contributed by atoms with Gasteiger partial charge in [0.1, 0.15) is 18.0 Å². The monoisotopic (exact) mass is 330 g/mol. The SMILES string of the molecule is Cc1cc2c(=O)n(C(C)C(=O)Nc3ccc(Cl)cc3)cnc2[nH]1. The second-order valence-electron chi connectivity index (χ2n) is 5.34. The van der Waals surface area contributed by atoms with E-state index in [9.17, 15) is 9.59 Å². The van der Waals surface area contributed by atoms with Crippen molar-refractivity contribution in [2.24, 2.45) is 0 Å². The Labute approximate surface area is 137 Å². The lowest BCUT2D eigenvalue weighted by Crippen LogP contribution is -2.31. The van der Waals surface area contributed by atoms with Gasteiger partial charge in [-0.05, 0) is 44.2 Å². The van der Waals surface area contributed by atoms with Crippen LogP contribution in [0, 0.1) is 6.92 Å². The summed E-state index contributed by atoms with van der Waals surface area (Å²) >= 11 is 5.82. The van der Waals surface area contributed by atoms with Gasteiger partial charge in [0, 0.05) is 16.4 Å². The predicted octanol–water partition coefficient (Wildman–Crippen LogP) is 2.89. The molecule has 118 valence electrons. The number of nitrogens with one attached hydrogen (secondary N) is 2. The zero-order valence-electron chi connectivity index (χ0n) is 12.6. The molecule has 2 N–H and O–H groups in total. The summed E-state index contributed by atoms with van der Waals surface area (Å²) in [5, 5.41) is 3.81. The van der Waals surface area contributed by atoms with Crippen LogP contribution in [0.1, 0.15) is 18.7 Å². The number of carbonyl (C=O) groups excluding carboxylic acids is 1. The highest BCUT2D eigenvalue weighted by Crippen LogP contribution is 2.15. The molecule has 0 aliphatic heterocycles. The van der Waals surface area contributed by atoms with E-state index in [0.29, 0.717) is 21.7 Å². The summed E-state index contributed by atoms with van der Waals surface area (Å²) in [6.07, 6.45) is 1.38. The standard InChI is InChI=1S/C16H15ClN4O2/c1-9-7-13-14(19-9)18-8-21(16(13)23)10(2)15(22)20-12-5-3-11(17)4-6-12/h3-8,10,19H,1-2H3,(H,20,22). The first-order valence-corrected chi connectivity index (χ1v) is 7.46. The van der Waals surface area contributed by atoms with E-state index in [1.54, 1.807) is 37.3 Å². The van der Waals surface area contributed by atoms with E-state index in [1.807, 2.05) is 6.92 Å². The minimum absolute atomic E-state index is 0.252. The molecule has 23 heavy (non-hydrogen) atoms. The Morgan fingerprint density at radius 2 is 2.04 bits per heavy atom. The van der Waals surface area contributed by atoms with Gasteiger partial charge in [-0.25, -0.2) is 4.98 Å². The summed E-state index contributed by atoms with van der Waals surface area (Å²) in [4.78, 5) is 32.0. The van der Waals surface area contributed by atoms with E-state index in [-0.39, 0.29) is 11.5 Å². The van der Waals surface area contributed by atoms with Crippen LogP contribution < -0.4 is 10.9 Å². The minimum atomic E-state index is -0.690. The lowest BCUT2D eigenvalue weighted by molar-refractivity contribution is -0.118. The number of nitrogens with zero attached hydrogens (tertiary/aromatic N) is 2. The Bertz CT molecular complexity index is 927. The summed E-state index contributed by atoms with van der Waals surface area (Å²) in [5.41, 5.74) is 1.73. The number of aromatic nitrogens is 3. The van der Waals surface area contributed by atoms with Crippen LogP contribution in [0.25, 0.3) is 11.0 Å². The summed E-state index contributed by atoms with van der Waals surface area (Å²) in [7, 11) is 0. The number of rotatable bonds is 3. The zero-order chi connectivity index (χ0) is 16.6. The van der Waals surface area contributed by atoms with Crippen molar-refractivity contribution in [3.8, 4) is 0 Å². The first kappa shape index (κ1) is 15.3. The number of anilines is 1. The summed E-state index contributed by atoms with van der Waals surface area (Å²) in [6.45, 7) is 3.50. The Morgan fingerprint density at radius 1 is 1.35 bits per heavy atom. The second kappa shape index (κ2) is 5.89. The topological polar surface area (TPSA) is 79.8 Å². The van der Waals surface area contributed by atoms with Gasteiger partial charge in [0.2, 0.25) is 5.91 Å². The average molecular weight is 331 g/mol. The molecule has 0 aliphatic carbocycles. The molecule has 0 aliphatic rings. The molecule has 3 rings (SSSR count). The highest BCUT2D eigenvalue weighted by Gasteiger charge is 2.18. The molecular weight excluding hydrogens is 316 g/mol. The number of hydrogen-bond acceptors (Lipinski definition) is 3. The van der Waals surface area contributed by atoms with E-state index >= 15 is 0 Å². The minimum Gasteiger partial charge on any atom is -0.343 e. The maximum atomic E-state index is 12.5. The van der Waals surface area contributed by atoms with Gasteiger partial charge < -0.3 is 10.3 Å². The fourth-order valence-electron chi connectivity index (χ4n) is 2.33. The number of carbonyl (C=O) groups is 1. The van der Waals surface area contributed by atoms with Crippen molar-refractivity contribution < 1.29 is 4.79 Å². The van der Waals surface area contributed by atoms with E-state index in [2.05, 4.69) is 15.3 Å². The molecule has 1 aromatic carbocycles. The lowest BCUT2D eigenvalue weighted by atomic mass is 10.2. The molecule has 0 bridgehead atoms. The lowest BCUT2D eigenvalue weighted by Gasteiger charge is -2.14. The molecule has 1 amide bonds. The first-order chi connectivity index (χ1) is 11.0. The molecule has 2 heterocycles. The Morgan fingerprint density at radius 3 is 2.74 bits per heavy atom.